The van der Waals surface area contributed by atoms with Crippen molar-refractivity contribution in [1.82, 2.24) is 0 Å². The fraction of sp³-hybridized carbons (Fsp3) is 0.625. The van der Waals surface area contributed by atoms with Crippen LogP contribution in [-0.4, -0.2) is 40.3 Å². The Bertz CT molecular complexity index is 257. The maximum absolute atomic E-state index is 11.1. The number of rotatable bonds is 7. The second kappa shape index (κ2) is 7.38. The summed E-state index contributed by atoms with van der Waals surface area (Å²) < 4.78 is 0. The van der Waals surface area contributed by atoms with E-state index in [1.807, 2.05) is 0 Å². The molecule has 1 unspecified atom stereocenters. The van der Waals surface area contributed by atoms with E-state index in [4.69, 9.17) is 16.6 Å². The van der Waals surface area contributed by atoms with E-state index in [1.54, 1.807) is 0 Å². The number of carboxylic acid groups (broad SMARTS) is 1. The lowest BCUT2D eigenvalue weighted by molar-refractivity contribution is -0.137. The number of hydrogen-bond acceptors (Lipinski definition) is 6. The Morgan fingerprint density at radius 1 is 1.27 bits per heavy atom. The summed E-state index contributed by atoms with van der Waals surface area (Å²) in [5.74, 6) is -1.31. The second-order valence-electron chi connectivity index (χ2n) is 2.87. The molecule has 0 fully saturated rings. The first-order chi connectivity index (χ1) is 6.97. The van der Waals surface area contributed by atoms with Gasteiger partial charge in [-0.2, -0.15) is 0 Å². The van der Waals surface area contributed by atoms with Crippen LogP contribution in [0, 0.1) is 0 Å². The number of carbonyl (C=O) groups excluding carboxylic acids is 2. The van der Waals surface area contributed by atoms with Crippen molar-refractivity contribution in [2.24, 2.45) is 11.5 Å². The lowest BCUT2D eigenvalue weighted by Gasteiger charge is -2.04. The van der Waals surface area contributed by atoms with Crippen molar-refractivity contribution in [3.05, 3.63) is 0 Å². The van der Waals surface area contributed by atoms with Crippen molar-refractivity contribution in [2.75, 3.05) is 12.3 Å². The highest BCUT2D eigenvalue weighted by molar-refractivity contribution is 8.13. The van der Waals surface area contributed by atoms with E-state index in [-0.39, 0.29) is 36.0 Å². The largest absolute Gasteiger partial charge is 0.480 e. The molecule has 0 saturated carbocycles. The molecule has 0 amide bonds. The normalized spacial score (nSPS) is 12.1. The number of Topliss-reactive ketones (excluding diaryl/α,β-unsaturated/α-hetero) is 1. The first-order valence-corrected chi connectivity index (χ1v) is 5.31. The molecule has 0 aliphatic rings. The summed E-state index contributed by atoms with van der Waals surface area (Å²) in [5.41, 5.74) is 10.2. The quantitative estimate of drug-likeness (QED) is 0.514. The summed E-state index contributed by atoms with van der Waals surface area (Å²) >= 11 is 0.828. The van der Waals surface area contributed by atoms with Crippen molar-refractivity contribution in [1.29, 1.82) is 0 Å². The SMILES string of the molecule is NCC(=O)CCC(=O)SCC(N)C(=O)O. The van der Waals surface area contributed by atoms with E-state index >= 15 is 0 Å². The molecule has 5 N–H and O–H groups in total. The third-order valence-corrected chi connectivity index (χ3v) is 2.63. The zero-order valence-electron chi connectivity index (χ0n) is 8.14. The van der Waals surface area contributed by atoms with Crippen LogP contribution in [0.25, 0.3) is 0 Å². The number of aliphatic carboxylic acids is 1. The number of carbonyl (C=O) groups is 3. The van der Waals surface area contributed by atoms with Gasteiger partial charge in [0.15, 0.2) is 5.12 Å². The molecule has 7 heteroatoms. The molecule has 0 rings (SSSR count). The standard InChI is InChI=1S/C8H14N2O4S/c9-3-5(11)1-2-7(12)15-4-6(10)8(13)14/h6H,1-4,9-10H2,(H,13,14). The zero-order chi connectivity index (χ0) is 11.8. The van der Waals surface area contributed by atoms with Gasteiger partial charge in [0.25, 0.3) is 0 Å². The van der Waals surface area contributed by atoms with Gasteiger partial charge in [-0.25, -0.2) is 0 Å². The lowest BCUT2D eigenvalue weighted by Crippen LogP contribution is -2.32. The van der Waals surface area contributed by atoms with Gasteiger partial charge in [0.2, 0.25) is 0 Å². The molecule has 1 atom stereocenters. The van der Waals surface area contributed by atoms with Gasteiger partial charge in [-0.15, -0.1) is 0 Å². The minimum absolute atomic E-state index is 0.0188. The Morgan fingerprint density at radius 2 is 1.87 bits per heavy atom. The minimum Gasteiger partial charge on any atom is -0.480 e. The first kappa shape index (κ1) is 14.1. The lowest BCUT2D eigenvalue weighted by atomic mass is 10.2. The van der Waals surface area contributed by atoms with Crippen LogP contribution in [0.1, 0.15) is 12.8 Å². The van der Waals surface area contributed by atoms with Gasteiger partial charge < -0.3 is 16.6 Å². The predicted molar refractivity (Wildman–Crippen MR) is 56.4 cm³/mol. The average Bonchev–Trinajstić information content (AvgIpc) is 2.21. The first-order valence-electron chi connectivity index (χ1n) is 4.33. The molecule has 86 valence electrons. The topological polar surface area (TPSA) is 123 Å². The number of nitrogens with two attached hydrogens (primary N) is 2. The van der Waals surface area contributed by atoms with Gasteiger partial charge in [0.1, 0.15) is 11.8 Å². The maximum Gasteiger partial charge on any atom is 0.321 e. The fourth-order valence-corrected chi connectivity index (χ4v) is 1.42. The molecular weight excluding hydrogens is 220 g/mol. The summed E-state index contributed by atoms with van der Waals surface area (Å²) in [6.07, 6.45) is 0.178. The molecule has 0 aliphatic carbocycles. The number of ketones is 1. The number of carboxylic acids is 1. The van der Waals surface area contributed by atoms with E-state index in [0.29, 0.717) is 0 Å². The van der Waals surface area contributed by atoms with Gasteiger partial charge in [0, 0.05) is 18.6 Å². The van der Waals surface area contributed by atoms with E-state index in [0.717, 1.165) is 11.8 Å². The van der Waals surface area contributed by atoms with Gasteiger partial charge in [-0.3, -0.25) is 14.4 Å². The molecule has 0 saturated heterocycles. The van der Waals surface area contributed by atoms with Crippen molar-refractivity contribution < 1.29 is 19.5 Å². The fourth-order valence-electron chi connectivity index (χ4n) is 0.670. The summed E-state index contributed by atoms with van der Waals surface area (Å²) in [6.45, 7) is -0.0768. The van der Waals surface area contributed by atoms with Crippen LogP contribution in [-0.2, 0) is 14.4 Å². The number of hydrogen-bond donors (Lipinski definition) is 3. The van der Waals surface area contributed by atoms with Crippen LogP contribution in [0.3, 0.4) is 0 Å². The van der Waals surface area contributed by atoms with Crippen molar-refractivity contribution >= 4 is 28.6 Å². The smallest absolute Gasteiger partial charge is 0.321 e. The zero-order valence-corrected chi connectivity index (χ0v) is 8.96. The molecule has 0 radical (unpaired) electrons. The number of thioether (sulfide) groups is 1. The molecule has 0 bridgehead atoms. The van der Waals surface area contributed by atoms with Crippen LogP contribution in [0.5, 0.6) is 0 Å². The third kappa shape index (κ3) is 7.06. The van der Waals surface area contributed by atoms with Gasteiger partial charge >= 0.3 is 5.97 Å². The molecule has 0 aromatic carbocycles. The molecule has 0 aromatic heterocycles. The van der Waals surface area contributed by atoms with E-state index in [1.165, 1.54) is 0 Å². The Morgan fingerprint density at radius 3 is 2.33 bits per heavy atom. The summed E-state index contributed by atoms with van der Waals surface area (Å²) in [4.78, 5) is 32.2. The Kier molecular flexibility index (Phi) is 6.93. The summed E-state index contributed by atoms with van der Waals surface area (Å²) in [6, 6.07) is -1.05. The van der Waals surface area contributed by atoms with Crippen LogP contribution >= 0.6 is 11.8 Å². The average molecular weight is 234 g/mol. The summed E-state index contributed by atoms with van der Waals surface area (Å²) in [5, 5.41) is 8.19. The third-order valence-electron chi connectivity index (χ3n) is 1.58. The van der Waals surface area contributed by atoms with E-state index < -0.39 is 12.0 Å². The van der Waals surface area contributed by atoms with Gasteiger partial charge in [-0.1, -0.05) is 11.8 Å². The molecule has 0 heterocycles. The van der Waals surface area contributed by atoms with Crippen LogP contribution in [0.4, 0.5) is 0 Å². The van der Waals surface area contributed by atoms with Crippen molar-refractivity contribution in [3.8, 4) is 0 Å². The summed E-state index contributed by atoms with van der Waals surface area (Å²) in [7, 11) is 0. The van der Waals surface area contributed by atoms with Crippen molar-refractivity contribution in [3.63, 3.8) is 0 Å². The Labute approximate surface area is 91.4 Å². The van der Waals surface area contributed by atoms with Gasteiger partial charge in [0.05, 0.1) is 6.54 Å². The van der Waals surface area contributed by atoms with Crippen LogP contribution < -0.4 is 11.5 Å². The highest BCUT2D eigenvalue weighted by atomic mass is 32.2. The highest BCUT2D eigenvalue weighted by Crippen LogP contribution is 2.08. The highest BCUT2D eigenvalue weighted by Gasteiger charge is 2.14. The second-order valence-corrected chi connectivity index (χ2v) is 3.95. The molecular formula is C8H14N2O4S. The van der Waals surface area contributed by atoms with Gasteiger partial charge in [-0.05, 0) is 0 Å². The van der Waals surface area contributed by atoms with Crippen LogP contribution in [0.15, 0.2) is 0 Å². The molecule has 0 aromatic rings. The van der Waals surface area contributed by atoms with E-state index in [9.17, 15) is 14.4 Å². The molecule has 15 heavy (non-hydrogen) atoms. The van der Waals surface area contributed by atoms with Crippen LogP contribution in [0.2, 0.25) is 0 Å². The molecule has 0 spiro atoms. The molecule has 0 aliphatic heterocycles. The minimum atomic E-state index is -1.15. The Balaban J connectivity index is 3.66. The van der Waals surface area contributed by atoms with E-state index in [2.05, 4.69) is 0 Å². The molecule has 6 nitrogen and oxygen atoms in total. The Hall–Kier alpha value is -0.920. The predicted octanol–water partition coefficient (Wildman–Crippen LogP) is -1.03. The maximum atomic E-state index is 11.1. The monoisotopic (exact) mass is 234 g/mol. The van der Waals surface area contributed by atoms with Crippen molar-refractivity contribution in [2.45, 2.75) is 18.9 Å².